The molecule has 1 aromatic rings. The van der Waals surface area contributed by atoms with Gasteiger partial charge in [-0.05, 0) is 24.6 Å². The van der Waals surface area contributed by atoms with Gasteiger partial charge in [-0.15, -0.1) is 0 Å². The summed E-state index contributed by atoms with van der Waals surface area (Å²) in [7, 11) is 5.76. The molecule has 130 valence electrons. The van der Waals surface area contributed by atoms with Crippen molar-refractivity contribution in [3.63, 3.8) is 0 Å². The summed E-state index contributed by atoms with van der Waals surface area (Å²) in [5.41, 5.74) is 1.31. The maximum absolute atomic E-state index is 12.1. The number of urea groups is 1. The molecule has 1 atom stereocenters. The van der Waals surface area contributed by atoms with Crippen LogP contribution in [0.3, 0.4) is 0 Å². The smallest absolute Gasteiger partial charge is 0.337 e. The lowest BCUT2D eigenvalue weighted by atomic mass is 9.95. The van der Waals surface area contributed by atoms with Crippen molar-refractivity contribution in [3.05, 3.63) is 29.0 Å². The van der Waals surface area contributed by atoms with E-state index in [1.165, 1.54) is 28.4 Å². The van der Waals surface area contributed by atoms with Crippen LogP contribution in [0.1, 0.15) is 18.5 Å². The normalized spacial score (nSPS) is 16.9. The van der Waals surface area contributed by atoms with Gasteiger partial charge in [0.15, 0.2) is 11.5 Å². The molecule has 2 amide bonds. The van der Waals surface area contributed by atoms with Crippen molar-refractivity contribution in [1.29, 1.82) is 0 Å². The number of nitrogens with one attached hydrogen (secondary N) is 2. The molecule has 1 aromatic carbocycles. The predicted octanol–water partition coefficient (Wildman–Crippen LogP) is 1.51. The SMILES string of the molecule is COC(=O)C1=C(C)NC(=O)N[C@H]1c1cc(OC)c(OC)c(OC)c1. The number of benzene rings is 1. The highest BCUT2D eigenvalue weighted by Gasteiger charge is 2.33. The largest absolute Gasteiger partial charge is 0.493 e. The second-order valence-corrected chi connectivity index (χ2v) is 5.02. The van der Waals surface area contributed by atoms with E-state index in [4.69, 9.17) is 18.9 Å². The van der Waals surface area contributed by atoms with Crippen LogP contribution < -0.4 is 24.8 Å². The van der Waals surface area contributed by atoms with Gasteiger partial charge in [0.05, 0.1) is 40.1 Å². The Morgan fingerprint density at radius 1 is 1.04 bits per heavy atom. The number of carbonyl (C=O) groups is 2. The Bertz CT molecular complexity index is 673. The Labute approximate surface area is 139 Å². The third-order valence-electron chi connectivity index (χ3n) is 3.69. The molecule has 0 radical (unpaired) electrons. The molecule has 8 heteroatoms. The van der Waals surface area contributed by atoms with Crippen molar-refractivity contribution in [2.24, 2.45) is 0 Å². The molecule has 0 fully saturated rings. The fourth-order valence-electron chi connectivity index (χ4n) is 2.59. The van der Waals surface area contributed by atoms with Crippen molar-refractivity contribution in [2.75, 3.05) is 28.4 Å². The number of hydrogen-bond acceptors (Lipinski definition) is 6. The molecular formula is C16H20N2O6. The molecule has 0 unspecified atom stereocenters. The van der Waals surface area contributed by atoms with E-state index >= 15 is 0 Å². The number of amides is 2. The summed E-state index contributed by atoms with van der Waals surface area (Å²) in [4.78, 5) is 24.0. The van der Waals surface area contributed by atoms with Gasteiger partial charge in [-0.25, -0.2) is 9.59 Å². The highest BCUT2D eigenvalue weighted by atomic mass is 16.5. The lowest BCUT2D eigenvalue weighted by Gasteiger charge is -2.28. The maximum atomic E-state index is 12.1. The minimum atomic E-state index is -0.708. The van der Waals surface area contributed by atoms with E-state index in [9.17, 15) is 9.59 Å². The van der Waals surface area contributed by atoms with Crippen LogP contribution >= 0.6 is 0 Å². The fraction of sp³-hybridized carbons (Fsp3) is 0.375. The quantitative estimate of drug-likeness (QED) is 0.792. The Morgan fingerprint density at radius 3 is 2.08 bits per heavy atom. The van der Waals surface area contributed by atoms with E-state index in [1.807, 2.05) is 0 Å². The van der Waals surface area contributed by atoms with Crippen LogP contribution in [0.5, 0.6) is 17.2 Å². The van der Waals surface area contributed by atoms with E-state index in [1.54, 1.807) is 19.1 Å². The van der Waals surface area contributed by atoms with Crippen molar-refractivity contribution in [1.82, 2.24) is 10.6 Å². The maximum Gasteiger partial charge on any atom is 0.337 e. The zero-order valence-electron chi connectivity index (χ0n) is 14.2. The third kappa shape index (κ3) is 3.08. The first-order valence-electron chi connectivity index (χ1n) is 7.13. The molecule has 1 aliphatic rings. The van der Waals surface area contributed by atoms with Crippen molar-refractivity contribution in [3.8, 4) is 17.2 Å². The minimum absolute atomic E-state index is 0.298. The van der Waals surface area contributed by atoms with Gasteiger partial charge in [0.2, 0.25) is 5.75 Å². The van der Waals surface area contributed by atoms with Gasteiger partial charge in [-0.2, -0.15) is 0 Å². The van der Waals surface area contributed by atoms with Crippen LogP contribution in [-0.4, -0.2) is 40.4 Å². The van der Waals surface area contributed by atoms with Crippen LogP contribution in [0.15, 0.2) is 23.4 Å². The molecule has 0 spiro atoms. The average molecular weight is 336 g/mol. The first kappa shape index (κ1) is 17.5. The second-order valence-electron chi connectivity index (χ2n) is 5.02. The van der Waals surface area contributed by atoms with Gasteiger partial charge >= 0.3 is 12.0 Å². The van der Waals surface area contributed by atoms with Gasteiger partial charge in [-0.3, -0.25) is 0 Å². The van der Waals surface area contributed by atoms with Crippen LogP contribution in [-0.2, 0) is 9.53 Å². The van der Waals surface area contributed by atoms with Crippen molar-refractivity contribution in [2.45, 2.75) is 13.0 Å². The Morgan fingerprint density at radius 2 is 1.62 bits per heavy atom. The highest BCUT2D eigenvalue weighted by Crippen LogP contribution is 2.41. The van der Waals surface area contributed by atoms with Crippen molar-refractivity contribution < 1.29 is 28.5 Å². The number of rotatable bonds is 5. The van der Waals surface area contributed by atoms with E-state index in [0.717, 1.165) is 0 Å². The summed E-state index contributed by atoms with van der Waals surface area (Å²) in [6.07, 6.45) is 0. The minimum Gasteiger partial charge on any atom is -0.493 e. The number of allylic oxidation sites excluding steroid dienone is 1. The zero-order valence-corrected chi connectivity index (χ0v) is 14.2. The standard InChI is InChI=1S/C16H20N2O6/c1-8-12(15(19)24-5)13(18-16(20)17-8)9-6-10(21-2)14(23-4)11(7-9)22-3/h6-7,13H,1-5H3,(H2,17,18,20)/t13-/m0/s1. The molecule has 8 nitrogen and oxygen atoms in total. The van der Waals surface area contributed by atoms with E-state index in [2.05, 4.69) is 10.6 Å². The Kier molecular flexibility index (Phi) is 5.18. The molecule has 0 bridgehead atoms. The monoisotopic (exact) mass is 336 g/mol. The molecule has 24 heavy (non-hydrogen) atoms. The molecule has 2 rings (SSSR count). The number of esters is 1. The summed E-state index contributed by atoms with van der Waals surface area (Å²) in [6.45, 7) is 1.63. The summed E-state index contributed by atoms with van der Waals surface area (Å²) < 4.78 is 20.8. The molecule has 1 aliphatic heterocycles. The van der Waals surface area contributed by atoms with Crippen LogP contribution in [0.4, 0.5) is 4.79 Å². The van der Waals surface area contributed by atoms with Gasteiger partial charge in [0, 0.05) is 5.70 Å². The molecule has 0 aromatic heterocycles. The molecule has 1 heterocycles. The first-order chi connectivity index (χ1) is 11.5. The molecule has 0 saturated carbocycles. The molecular weight excluding hydrogens is 316 g/mol. The van der Waals surface area contributed by atoms with Gasteiger partial charge in [-0.1, -0.05) is 0 Å². The topological polar surface area (TPSA) is 95.1 Å². The Balaban J connectivity index is 2.61. The van der Waals surface area contributed by atoms with E-state index in [0.29, 0.717) is 34.1 Å². The number of hydrogen-bond donors (Lipinski definition) is 2. The third-order valence-corrected chi connectivity index (χ3v) is 3.69. The van der Waals surface area contributed by atoms with Crippen molar-refractivity contribution >= 4 is 12.0 Å². The Hall–Kier alpha value is -2.90. The predicted molar refractivity (Wildman–Crippen MR) is 85.2 cm³/mol. The zero-order chi connectivity index (χ0) is 17.9. The van der Waals surface area contributed by atoms with E-state index < -0.39 is 18.0 Å². The molecule has 2 N–H and O–H groups in total. The number of ether oxygens (including phenoxy) is 4. The summed E-state index contributed by atoms with van der Waals surface area (Å²) in [6, 6.07) is 2.22. The van der Waals surface area contributed by atoms with Gasteiger partial charge < -0.3 is 29.6 Å². The summed E-state index contributed by atoms with van der Waals surface area (Å²) >= 11 is 0. The van der Waals surface area contributed by atoms with E-state index in [-0.39, 0.29) is 0 Å². The first-order valence-corrected chi connectivity index (χ1v) is 7.13. The fourth-order valence-corrected chi connectivity index (χ4v) is 2.59. The lowest BCUT2D eigenvalue weighted by Crippen LogP contribution is -2.45. The lowest BCUT2D eigenvalue weighted by molar-refractivity contribution is -0.136. The van der Waals surface area contributed by atoms with Crippen LogP contribution in [0.25, 0.3) is 0 Å². The molecule has 0 aliphatic carbocycles. The summed E-state index contributed by atoms with van der Waals surface area (Å²) in [5, 5.41) is 5.27. The number of carbonyl (C=O) groups excluding carboxylic acids is 2. The second kappa shape index (κ2) is 7.12. The molecule has 0 saturated heterocycles. The van der Waals surface area contributed by atoms with Gasteiger partial charge in [0.25, 0.3) is 0 Å². The van der Waals surface area contributed by atoms with Crippen LogP contribution in [0.2, 0.25) is 0 Å². The average Bonchev–Trinajstić information content (AvgIpc) is 2.58. The summed E-state index contributed by atoms with van der Waals surface area (Å²) in [5.74, 6) is 0.714. The number of methoxy groups -OCH3 is 4. The van der Waals surface area contributed by atoms with Gasteiger partial charge in [0.1, 0.15) is 0 Å². The van der Waals surface area contributed by atoms with Crippen LogP contribution in [0, 0.1) is 0 Å². The highest BCUT2D eigenvalue weighted by molar-refractivity contribution is 5.95.